The lowest BCUT2D eigenvalue weighted by Crippen LogP contribution is -2.37. The van der Waals surface area contributed by atoms with Crippen LogP contribution in [0.25, 0.3) is 0 Å². The van der Waals surface area contributed by atoms with Crippen LogP contribution in [-0.4, -0.2) is 75.4 Å². The smallest absolute Gasteiger partial charge is 0.464 e. The second kappa shape index (κ2) is 9.91. The van der Waals surface area contributed by atoms with Gasteiger partial charge in [-0.1, -0.05) is 6.92 Å². The Kier molecular flexibility index (Phi) is 9.47. The van der Waals surface area contributed by atoms with Crippen LogP contribution in [0.4, 0.5) is 0 Å². The minimum absolute atomic E-state index is 0.0293. The second-order valence-electron chi connectivity index (χ2n) is 5.51. The van der Waals surface area contributed by atoms with Gasteiger partial charge in [-0.15, -0.1) is 0 Å². The van der Waals surface area contributed by atoms with Crippen LogP contribution in [0, 0.1) is 0 Å². The molecule has 22 heavy (non-hydrogen) atoms. The molecule has 0 aliphatic heterocycles. The summed E-state index contributed by atoms with van der Waals surface area (Å²) in [6.07, 6.45) is -0.853. The van der Waals surface area contributed by atoms with Crippen LogP contribution in [0.5, 0.6) is 0 Å². The Labute approximate surface area is 130 Å². The number of nitrogens with zero attached hydrogens (tertiary/aromatic N) is 1. The van der Waals surface area contributed by atoms with Crippen molar-refractivity contribution >= 4 is 20.3 Å². The largest absolute Gasteiger partial charge is 0.472 e. The van der Waals surface area contributed by atoms with Gasteiger partial charge in [-0.05, 0) is 0 Å². The lowest BCUT2D eigenvalue weighted by Gasteiger charge is -2.24. The third-order valence-corrected chi connectivity index (χ3v) is 3.36. The van der Waals surface area contributed by atoms with E-state index in [0.29, 0.717) is 11.0 Å². The zero-order valence-electron chi connectivity index (χ0n) is 13.4. The maximum Gasteiger partial charge on any atom is 0.472 e. The molecule has 0 heterocycles. The number of phosphoric ester groups is 1. The normalized spacial score (nSPS) is 15.7. The molecule has 1 unspecified atom stereocenters. The van der Waals surface area contributed by atoms with Gasteiger partial charge in [0.25, 0.3) is 6.47 Å². The van der Waals surface area contributed by atoms with E-state index in [0.717, 1.165) is 0 Å². The van der Waals surface area contributed by atoms with Gasteiger partial charge < -0.3 is 18.9 Å². The summed E-state index contributed by atoms with van der Waals surface area (Å²) in [5, 5.41) is 0. The van der Waals surface area contributed by atoms with Gasteiger partial charge >= 0.3 is 13.8 Å². The SMILES string of the molecule is CCC(=O)O[C@H](COC=O)COP(=O)(O)OCC[N+](C)(C)C. The molecule has 2 atom stereocenters. The van der Waals surface area contributed by atoms with Gasteiger partial charge in [0.05, 0.1) is 27.7 Å². The molecule has 0 saturated heterocycles. The second-order valence-corrected chi connectivity index (χ2v) is 6.96. The Hall–Kier alpha value is -0.990. The Morgan fingerprint density at radius 2 is 1.91 bits per heavy atom. The molecule has 0 aliphatic rings. The number of carbonyl (C=O) groups excluding carboxylic acids is 2. The van der Waals surface area contributed by atoms with Crippen molar-refractivity contribution in [2.75, 3.05) is 47.5 Å². The molecule has 0 aromatic heterocycles. The minimum atomic E-state index is -4.26. The molecule has 0 aromatic carbocycles. The standard InChI is InChI=1S/C12H24NO8P/c1-5-12(15)21-11(8-18-10-14)9-20-22(16,17)19-7-6-13(2,3)4/h10-11H,5-9H2,1-4H3/p+1/t11-/m1/s1. The fourth-order valence-corrected chi connectivity index (χ4v) is 1.92. The van der Waals surface area contributed by atoms with Gasteiger partial charge in [-0.2, -0.15) is 0 Å². The zero-order valence-corrected chi connectivity index (χ0v) is 14.3. The summed E-state index contributed by atoms with van der Waals surface area (Å²) in [4.78, 5) is 30.9. The average molecular weight is 342 g/mol. The molecule has 0 amide bonds. The van der Waals surface area contributed by atoms with E-state index < -0.39 is 26.5 Å². The van der Waals surface area contributed by atoms with Crippen LogP contribution in [0.15, 0.2) is 0 Å². The highest BCUT2D eigenvalue weighted by atomic mass is 31.2. The van der Waals surface area contributed by atoms with Crippen molar-refractivity contribution in [2.45, 2.75) is 19.4 Å². The summed E-state index contributed by atoms with van der Waals surface area (Å²) < 4.78 is 31.2. The fraction of sp³-hybridized carbons (Fsp3) is 0.833. The minimum Gasteiger partial charge on any atom is -0.464 e. The quantitative estimate of drug-likeness (QED) is 0.234. The monoisotopic (exact) mass is 342 g/mol. The highest BCUT2D eigenvalue weighted by molar-refractivity contribution is 7.47. The highest BCUT2D eigenvalue weighted by Crippen LogP contribution is 2.43. The molecule has 0 fully saturated rings. The first kappa shape index (κ1) is 21.0. The summed E-state index contributed by atoms with van der Waals surface area (Å²) in [5.41, 5.74) is 0. The van der Waals surface area contributed by atoms with E-state index in [1.807, 2.05) is 21.1 Å². The van der Waals surface area contributed by atoms with Crippen molar-refractivity contribution in [3.8, 4) is 0 Å². The van der Waals surface area contributed by atoms with E-state index in [9.17, 15) is 19.0 Å². The topological polar surface area (TPSA) is 108 Å². The number of esters is 1. The summed E-state index contributed by atoms with van der Waals surface area (Å²) in [5.74, 6) is -0.540. The van der Waals surface area contributed by atoms with Crippen molar-refractivity contribution in [2.24, 2.45) is 0 Å². The van der Waals surface area contributed by atoms with E-state index in [2.05, 4.69) is 4.74 Å². The Balaban J connectivity index is 4.32. The van der Waals surface area contributed by atoms with Gasteiger partial charge in [0.15, 0.2) is 6.10 Å². The molecule has 0 bridgehead atoms. The Bertz CT molecular complexity index is 395. The third kappa shape index (κ3) is 11.6. The molecule has 0 spiro atoms. The Morgan fingerprint density at radius 1 is 1.27 bits per heavy atom. The van der Waals surface area contributed by atoms with Crippen LogP contribution >= 0.6 is 7.82 Å². The van der Waals surface area contributed by atoms with Crippen LogP contribution in [0.2, 0.25) is 0 Å². The van der Waals surface area contributed by atoms with Crippen molar-refractivity contribution in [1.29, 1.82) is 0 Å². The summed E-state index contributed by atoms with van der Waals surface area (Å²) in [6.45, 7) is 1.62. The van der Waals surface area contributed by atoms with Crippen molar-refractivity contribution < 1.29 is 42.1 Å². The number of rotatable bonds is 12. The van der Waals surface area contributed by atoms with E-state index in [-0.39, 0.29) is 26.1 Å². The lowest BCUT2D eigenvalue weighted by molar-refractivity contribution is -0.870. The first-order chi connectivity index (χ1) is 10.1. The number of ether oxygens (including phenoxy) is 2. The third-order valence-electron chi connectivity index (χ3n) is 2.38. The number of phosphoric acid groups is 1. The van der Waals surface area contributed by atoms with Gasteiger partial charge in [0.1, 0.15) is 19.8 Å². The van der Waals surface area contributed by atoms with Crippen LogP contribution < -0.4 is 0 Å². The number of hydrogen-bond donors (Lipinski definition) is 1. The summed E-state index contributed by atoms with van der Waals surface area (Å²) in [6, 6.07) is 0. The molecule has 130 valence electrons. The molecule has 0 rings (SSSR count). The highest BCUT2D eigenvalue weighted by Gasteiger charge is 2.26. The molecular weight excluding hydrogens is 317 g/mol. The Morgan fingerprint density at radius 3 is 2.41 bits per heavy atom. The molecule has 9 nitrogen and oxygen atoms in total. The fourth-order valence-electron chi connectivity index (χ4n) is 1.18. The van der Waals surface area contributed by atoms with E-state index in [4.69, 9.17) is 13.8 Å². The van der Waals surface area contributed by atoms with E-state index in [1.165, 1.54) is 0 Å². The van der Waals surface area contributed by atoms with Gasteiger partial charge in [0.2, 0.25) is 0 Å². The van der Waals surface area contributed by atoms with Crippen molar-refractivity contribution in [3.05, 3.63) is 0 Å². The molecule has 0 aliphatic carbocycles. The van der Waals surface area contributed by atoms with Crippen LogP contribution in [0.1, 0.15) is 13.3 Å². The lowest BCUT2D eigenvalue weighted by atomic mass is 10.4. The number of carbonyl (C=O) groups is 2. The van der Waals surface area contributed by atoms with Gasteiger partial charge in [0, 0.05) is 6.42 Å². The average Bonchev–Trinajstić information content (AvgIpc) is 2.39. The summed E-state index contributed by atoms with van der Waals surface area (Å²) in [7, 11) is 1.46. The van der Waals surface area contributed by atoms with Crippen molar-refractivity contribution in [3.63, 3.8) is 0 Å². The maximum absolute atomic E-state index is 11.7. The first-order valence-electron chi connectivity index (χ1n) is 6.76. The first-order valence-corrected chi connectivity index (χ1v) is 8.26. The molecule has 0 aromatic rings. The van der Waals surface area contributed by atoms with Gasteiger partial charge in [-0.3, -0.25) is 18.6 Å². The van der Waals surface area contributed by atoms with Crippen molar-refractivity contribution in [1.82, 2.24) is 0 Å². The van der Waals surface area contributed by atoms with Crippen LogP contribution in [0.3, 0.4) is 0 Å². The number of hydrogen-bond acceptors (Lipinski definition) is 7. The molecule has 10 heteroatoms. The van der Waals surface area contributed by atoms with E-state index in [1.54, 1.807) is 6.92 Å². The predicted molar refractivity (Wildman–Crippen MR) is 76.8 cm³/mol. The molecular formula is C12H25NO8P+. The maximum atomic E-state index is 11.7. The molecule has 0 saturated carbocycles. The van der Waals surface area contributed by atoms with Crippen LogP contribution in [-0.2, 0) is 32.7 Å². The number of likely N-dealkylation sites (N-methyl/N-ethyl adjacent to an activating group) is 1. The zero-order chi connectivity index (χ0) is 17.2. The van der Waals surface area contributed by atoms with Gasteiger partial charge in [-0.25, -0.2) is 4.57 Å². The molecule has 1 N–H and O–H groups in total. The molecule has 0 radical (unpaired) electrons. The summed E-state index contributed by atoms with van der Waals surface area (Å²) >= 11 is 0. The predicted octanol–water partition coefficient (Wildman–Crippen LogP) is 0.321. The number of quaternary nitrogens is 1. The van der Waals surface area contributed by atoms with E-state index >= 15 is 0 Å².